The van der Waals surface area contributed by atoms with Crippen molar-refractivity contribution < 1.29 is 9.53 Å². The summed E-state index contributed by atoms with van der Waals surface area (Å²) < 4.78 is 5.20. The molecule has 0 radical (unpaired) electrons. The van der Waals surface area contributed by atoms with E-state index in [1.165, 1.54) is 13.0 Å². The zero-order valence-corrected chi connectivity index (χ0v) is 11.1. The van der Waals surface area contributed by atoms with E-state index in [0.717, 1.165) is 26.3 Å². The molecule has 0 aromatic carbocycles. The van der Waals surface area contributed by atoms with Gasteiger partial charge in [0.15, 0.2) is 0 Å². The van der Waals surface area contributed by atoms with Gasteiger partial charge in [-0.1, -0.05) is 20.8 Å². The molecule has 96 valence electrons. The minimum atomic E-state index is 0.0972. The van der Waals surface area contributed by atoms with Crippen LogP contribution in [0.15, 0.2) is 0 Å². The Hall–Kier alpha value is -0.610. The van der Waals surface area contributed by atoms with E-state index in [1.54, 1.807) is 7.05 Å². The molecule has 1 fully saturated rings. The van der Waals surface area contributed by atoms with Gasteiger partial charge in [-0.05, 0) is 13.0 Å². The van der Waals surface area contributed by atoms with E-state index in [2.05, 4.69) is 17.1 Å². The van der Waals surface area contributed by atoms with Gasteiger partial charge in [-0.15, -0.1) is 0 Å². The molecule has 0 atom stereocenters. The van der Waals surface area contributed by atoms with E-state index in [0.29, 0.717) is 0 Å². The fraction of sp³-hybridized carbons (Fsp3) is 0.917. The maximum absolute atomic E-state index is 10.4. The molecule has 0 spiro atoms. The highest BCUT2D eigenvalue weighted by molar-refractivity contribution is 5.77. The van der Waals surface area contributed by atoms with E-state index >= 15 is 0 Å². The number of nitrogens with zero attached hydrogens (tertiary/aromatic N) is 1. The summed E-state index contributed by atoms with van der Waals surface area (Å²) in [6.07, 6.45) is 1.26. The molecule has 1 heterocycles. The largest absolute Gasteiger partial charge is 0.379 e. The normalized spacial score (nSPS) is 16.6. The van der Waals surface area contributed by atoms with Crippen LogP contribution in [0, 0.1) is 5.92 Å². The molecule has 1 saturated heterocycles. The highest BCUT2D eigenvalue weighted by atomic mass is 16.5. The lowest BCUT2D eigenvalue weighted by atomic mass is 10.2. The van der Waals surface area contributed by atoms with Crippen molar-refractivity contribution in [1.82, 2.24) is 10.2 Å². The number of amides is 1. The van der Waals surface area contributed by atoms with Gasteiger partial charge in [-0.2, -0.15) is 0 Å². The Morgan fingerprint density at radius 3 is 2.25 bits per heavy atom. The topological polar surface area (TPSA) is 41.6 Å². The third kappa shape index (κ3) is 7.65. The molecule has 1 N–H and O–H groups in total. The molecule has 0 aromatic heterocycles. The second-order valence-electron chi connectivity index (χ2n) is 4.22. The molecule has 0 unspecified atom stereocenters. The smallest absolute Gasteiger partial charge is 0.222 e. The Bertz CT molecular complexity index is 175. The average molecular weight is 230 g/mol. The summed E-state index contributed by atoms with van der Waals surface area (Å²) in [6, 6.07) is 0. The van der Waals surface area contributed by atoms with Crippen molar-refractivity contribution in [2.75, 3.05) is 39.9 Å². The molecule has 0 bridgehead atoms. The molecular weight excluding hydrogens is 204 g/mol. The lowest BCUT2D eigenvalue weighted by Gasteiger charge is -2.25. The van der Waals surface area contributed by atoms with Crippen LogP contribution in [-0.4, -0.2) is 50.7 Å². The highest BCUT2D eigenvalue weighted by Crippen LogP contribution is 1.96. The van der Waals surface area contributed by atoms with Gasteiger partial charge in [0.25, 0.3) is 0 Å². The lowest BCUT2D eigenvalue weighted by molar-refractivity contribution is -0.123. The molecule has 1 rings (SSSR count). The highest BCUT2D eigenvalue weighted by Gasteiger charge is 2.07. The summed E-state index contributed by atoms with van der Waals surface area (Å²) in [5.41, 5.74) is 0. The maximum atomic E-state index is 10.4. The molecule has 16 heavy (non-hydrogen) atoms. The Morgan fingerprint density at radius 1 is 1.38 bits per heavy atom. The summed E-state index contributed by atoms with van der Waals surface area (Å²) in [5.74, 6) is 0.213. The van der Waals surface area contributed by atoms with Gasteiger partial charge in [0.1, 0.15) is 0 Å². The second kappa shape index (κ2) is 9.60. The molecular formula is C12H26N2O2. The number of hydrogen-bond donors (Lipinski definition) is 1. The van der Waals surface area contributed by atoms with E-state index in [-0.39, 0.29) is 11.8 Å². The average Bonchev–Trinajstić information content (AvgIpc) is 2.30. The summed E-state index contributed by atoms with van der Waals surface area (Å²) in [6.45, 7) is 11.3. The summed E-state index contributed by atoms with van der Waals surface area (Å²) in [4.78, 5) is 12.8. The Labute approximate surface area is 99.3 Å². The van der Waals surface area contributed by atoms with E-state index in [4.69, 9.17) is 4.74 Å². The van der Waals surface area contributed by atoms with Crippen LogP contribution in [0.5, 0.6) is 0 Å². The van der Waals surface area contributed by atoms with Crippen LogP contribution in [0.3, 0.4) is 0 Å². The van der Waals surface area contributed by atoms with Gasteiger partial charge in [0.05, 0.1) is 13.2 Å². The molecule has 1 aliphatic heterocycles. The lowest BCUT2D eigenvalue weighted by Crippen LogP contribution is -2.36. The van der Waals surface area contributed by atoms with Crippen LogP contribution in [0.4, 0.5) is 0 Å². The first-order valence-electron chi connectivity index (χ1n) is 6.13. The van der Waals surface area contributed by atoms with Gasteiger partial charge in [-0.25, -0.2) is 0 Å². The standard InChI is InChI=1S/C7H15NO.C5H11NO/c1-2-3-8-4-6-9-7-5-8;1-4(2)5(7)6-3/h2-7H2,1H3;4H,1-3H3,(H,6,7). The van der Waals surface area contributed by atoms with E-state index in [9.17, 15) is 4.79 Å². The minimum Gasteiger partial charge on any atom is -0.379 e. The molecule has 1 amide bonds. The van der Waals surface area contributed by atoms with Crippen LogP contribution in [0.2, 0.25) is 0 Å². The third-order valence-corrected chi connectivity index (χ3v) is 2.41. The quantitative estimate of drug-likeness (QED) is 0.790. The number of hydrogen-bond acceptors (Lipinski definition) is 3. The van der Waals surface area contributed by atoms with Crippen molar-refractivity contribution in [3.8, 4) is 0 Å². The van der Waals surface area contributed by atoms with Crippen molar-refractivity contribution in [3.63, 3.8) is 0 Å². The van der Waals surface area contributed by atoms with Gasteiger partial charge in [0, 0.05) is 26.1 Å². The first-order chi connectivity index (χ1) is 7.61. The third-order valence-electron chi connectivity index (χ3n) is 2.41. The number of ether oxygens (including phenoxy) is 1. The fourth-order valence-corrected chi connectivity index (χ4v) is 1.43. The molecule has 0 aromatic rings. The minimum absolute atomic E-state index is 0.0972. The summed E-state index contributed by atoms with van der Waals surface area (Å²) in [7, 11) is 1.64. The number of morpholine rings is 1. The van der Waals surface area contributed by atoms with Gasteiger partial charge < -0.3 is 10.1 Å². The van der Waals surface area contributed by atoms with Crippen molar-refractivity contribution in [3.05, 3.63) is 0 Å². The molecule has 0 saturated carbocycles. The van der Waals surface area contributed by atoms with Crippen molar-refractivity contribution in [2.24, 2.45) is 5.92 Å². The Morgan fingerprint density at radius 2 is 1.94 bits per heavy atom. The molecule has 1 aliphatic rings. The predicted octanol–water partition coefficient (Wildman–Crippen LogP) is 1.12. The first-order valence-corrected chi connectivity index (χ1v) is 6.13. The van der Waals surface area contributed by atoms with Crippen molar-refractivity contribution in [2.45, 2.75) is 27.2 Å². The molecule has 4 heteroatoms. The zero-order chi connectivity index (χ0) is 12.4. The number of nitrogens with one attached hydrogen (secondary N) is 1. The Kier molecular flexibility index (Phi) is 9.24. The predicted molar refractivity (Wildman–Crippen MR) is 66.5 cm³/mol. The van der Waals surface area contributed by atoms with Crippen LogP contribution in [0.1, 0.15) is 27.2 Å². The van der Waals surface area contributed by atoms with E-state index < -0.39 is 0 Å². The second-order valence-corrected chi connectivity index (χ2v) is 4.22. The van der Waals surface area contributed by atoms with Gasteiger partial charge in [0.2, 0.25) is 5.91 Å². The van der Waals surface area contributed by atoms with E-state index in [1.807, 2.05) is 13.8 Å². The van der Waals surface area contributed by atoms with Gasteiger partial charge in [-0.3, -0.25) is 9.69 Å². The first kappa shape index (κ1) is 15.4. The number of rotatable bonds is 3. The monoisotopic (exact) mass is 230 g/mol. The SMILES string of the molecule is CCCN1CCOCC1.CNC(=O)C(C)C. The van der Waals surface area contributed by atoms with Gasteiger partial charge >= 0.3 is 0 Å². The molecule has 4 nitrogen and oxygen atoms in total. The number of carbonyl (C=O) groups is 1. The maximum Gasteiger partial charge on any atom is 0.222 e. The molecule has 0 aliphatic carbocycles. The fourth-order valence-electron chi connectivity index (χ4n) is 1.43. The van der Waals surface area contributed by atoms with Crippen LogP contribution in [0.25, 0.3) is 0 Å². The van der Waals surface area contributed by atoms with Crippen LogP contribution in [-0.2, 0) is 9.53 Å². The van der Waals surface area contributed by atoms with Crippen molar-refractivity contribution >= 4 is 5.91 Å². The Balaban J connectivity index is 0.000000293. The van der Waals surface area contributed by atoms with Crippen molar-refractivity contribution in [1.29, 1.82) is 0 Å². The van der Waals surface area contributed by atoms with Crippen LogP contribution < -0.4 is 5.32 Å². The van der Waals surface area contributed by atoms with Crippen LogP contribution >= 0.6 is 0 Å². The number of carbonyl (C=O) groups excluding carboxylic acids is 1. The summed E-state index contributed by atoms with van der Waals surface area (Å²) >= 11 is 0. The zero-order valence-electron chi connectivity index (χ0n) is 11.1. The summed E-state index contributed by atoms with van der Waals surface area (Å²) in [5, 5.41) is 2.53.